The van der Waals surface area contributed by atoms with E-state index in [1.165, 1.54) is 30.3 Å². The molecule has 30 heavy (non-hydrogen) atoms. The van der Waals surface area contributed by atoms with E-state index in [4.69, 9.17) is 4.74 Å². The molecule has 2 heterocycles. The summed E-state index contributed by atoms with van der Waals surface area (Å²) in [6.45, 7) is 8.55. The lowest BCUT2D eigenvalue weighted by molar-refractivity contribution is 0.102. The zero-order valence-electron chi connectivity index (χ0n) is 17.6. The Morgan fingerprint density at radius 2 is 2.00 bits per heavy atom. The largest absolute Gasteiger partial charge is 0.497 e. The van der Waals surface area contributed by atoms with Gasteiger partial charge in [-0.05, 0) is 57.0 Å². The van der Waals surface area contributed by atoms with Gasteiger partial charge in [0.05, 0.1) is 12.9 Å². The molecule has 0 spiro atoms. The van der Waals surface area contributed by atoms with Crippen LogP contribution in [0.2, 0.25) is 0 Å². The maximum absolute atomic E-state index is 12.9. The van der Waals surface area contributed by atoms with Crippen LogP contribution in [0.3, 0.4) is 0 Å². The molecule has 3 aromatic rings. The van der Waals surface area contributed by atoms with Gasteiger partial charge in [0.25, 0.3) is 0 Å². The summed E-state index contributed by atoms with van der Waals surface area (Å²) in [5.74, 6) is 1.99. The van der Waals surface area contributed by atoms with Gasteiger partial charge in [0, 0.05) is 35.1 Å². The molecule has 0 N–H and O–H groups in total. The van der Waals surface area contributed by atoms with Crippen molar-refractivity contribution in [3.8, 4) is 17.1 Å². The molecule has 1 aliphatic carbocycles. The van der Waals surface area contributed by atoms with Crippen molar-refractivity contribution < 1.29 is 9.53 Å². The summed E-state index contributed by atoms with van der Waals surface area (Å²) in [6.07, 6.45) is 4.22. The van der Waals surface area contributed by atoms with Gasteiger partial charge in [0.2, 0.25) is 0 Å². The number of benzene rings is 1. The van der Waals surface area contributed by atoms with E-state index in [0.717, 1.165) is 28.4 Å². The highest BCUT2D eigenvalue weighted by atomic mass is 32.2. The predicted molar refractivity (Wildman–Crippen MR) is 119 cm³/mol. The standard InChI is InChI=1S/C23H26N4O2S/c1-5-12-26-22(17-6-10-19(29-4)11-7-17)24-25-23(26)30-14-21(28)20-13-15(2)27(16(20)3)18-8-9-18/h5-7,10-11,13,18H,1,8-9,12,14H2,2-4H3. The number of ketones is 1. The van der Waals surface area contributed by atoms with Crippen LogP contribution in [-0.4, -0.2) is 38.0 Å². The fourth-order valence-electron chi connectivity index (χ4n) is 3.80. The molecule has 0 atom stereocenters. The maximum Gasteiger partial charge on any atom is 0.192 e. The highest BCUT2D eigenvalue weighted by Crippen LogP contribution is 2.38. The SMILES string of the molecule is C=CCn1c(SCC(=O)c2cc(C)n(C3CC3)c2C)nnc1-c1ccc(OC)cc1. The fraction of sp³-hybridized carbons (Fsp3) is 0.348. The normalized spacial score (nSPS) is 13.4. The summed E-state index contributed by atoms with van der Waals surface area (Å²) in [6, 6.07) is 10.3. The van der Waals surface area contributed by atoms with Crippen molar-refractivity contribution in [2.24, 2.45) is 0 Å². The smallest absolute Gasteiger partial charge is 0.192 e. The molecule has 1 aliphatic rings. The Morgan fingerprint density at radius 1 is 1.27 bits per heavy atom. The maximum atomic E-state index is 12.9. The molecule has 0 radical (unpaired) electrons. The number of Topliss-reactive ketones (excluding diaryl/α,β-unsaturated/α-hetero) is 1. The summed E-state index contributed by atoms with van der Waals surface area (Å²) in [4.78, 5) is 12.9. The number of nitrogens with zero attached hydrogens (tertiary/aromatic N) is 4. The Hall–Kier alpha value is -2.80. The van der Waals surface area contributed by atoms with E-state index in [2.05, 4.69) is 28.3 Å². The molecule has 6 nitrogen and oxygen atoms in total. The molecule has 0 amide bonds. The molecule has 1 fully saturated rings. The first kappa shape index (κ1) is 20.5. The predicted octanol–water partition coefficient (Wildman–Crippen LogP) is 4.87. The van der Waals surface area contributed by atoms with Gasteiger partial charge >= 0.3 is 0 Å². The first-order chi connectivity index (χ1) is 14.5. The molecule has 1 saturated carbocycles. The third-order valence-corrected chi connectivity index (χ3v) is 6.37. The van der Waals surface area contributed by atoms with Crippen molar-refractivity contribution in [2.75, 3.05) is 12.9 Å². The van der Waals surface area contributed by atoms with Crippen LogP contribution < -0.4 is 4.74 Å². The van der Waals surface area contributed by atoms with E-state index in [9.17, 15) is 4.79 Å². The molecule has 0 aliphatic heterocycles. The monoisotopic (exact) mass is 422 g/mol. The number of aromatic nitrogens is 4. The number of thioether (sulfide) groups is 1. The van der Waals surface area contributed by atoms with E-state index < -0.39 is 0 Å². The van der Waals surface area contributed by atoms with Crippen molar-refractivity contribution in [1.82, 2.24) is 19.3 Å². The van der Waals surface area contributed by atoms with E-state index in [1.54, 1.807) is 7.11 Å². The molecule has 4 rings (SSSR count). The van der Waals surface area contributed by atoms with Crippen molar-refractivity contribution >= 4 is 17.5 Å². The van der Waals surface area contributed by atoms with Crippen molar-refractivity contribution in [2.45, 2.75) is 44.4 Å². The zero-order valence-corrected chi connectivity index (χ0v) is 18.4. The number of hydrogen-bond acceptors (Lipinski definition) is 5. The number of carbonyl (C=O) groups excluding carboxylic acids is 1. The summed E-state index contributed by atoms with van der Waals surface area (Å²) in [7, 11) is 1.64. The van der Waals surface area contributed by atoms with Gasteiger partial charge in [-0.15, -0.1) is 16.8 Å². The Labute approximate surface area is 181 Å². The fourth-order valence-corrected chi connectivity index (χ4v) is 4.64. The van der Waals surface area contributed by atoms with Crippen LogP contribution in [0.4, 0.5) is 0 Å². The lowest BCUT2D eigenvalue weighted by Gasteiger charge is -2.09. The minimum Gasteiger partial charge on any atom is -0.497 e. The molecule has 7 heteroatoms. The van der Waals surface area contributed by atoms with Crippen LogP contribution in [0.5, 0.6) is 5.75 Å². The molecule has 0 bridgehead atoms. The molecule has 156 valence electrons. The van der Waals surface area contributed by atoms with Gasteiger partial charge in [-0.25, -0.2) is 0 Å². The Morgan fingerprint density at radius 3 is 2.63 bits per heavy atom. The van der Waals surface area contributed by atoms with Crippen molar-refractivity contribution in [3.05, 3.63) is 59.9 Å². The van der Waals surface area contributed by atoms with Crippen LogP contribution in [0.25, 0.3) is 11.4 Å². The molecular weight excluding hydrogens is 396 g/mol. The summed E-state index contributed by atoms with van der Waals surface area (Å²) in [5, 5.41) is 9.42. The number of ether oxygens (including phenoxy) is 1. The Balaban J connectivity index is 1.53. The Bertz CT molecular complexity index is 1080. The van der Waals surface area contributed by atoms with Gasteiger partial charge in [-0.1, -0.05) is 17.8 Å². The van der Waals surface area contributed by atoms with Gasteiger partial charge in [0.15, 0.2) is 16.8 Å². The van der Waals surface area contributed by atoms with E-state index >= 15 is 0 Å². The summed E-state index contributed by atoms with van der Waals surface area (Å²) in [5.41, 5.74) is 4.00. The molecule has 1 aromatic carbocycles. The van der Waals surface area contributed by atoms with Crippen molar-refractivity contribution in [1.29, 1.82) is 0 Å². The minimum atomic E-state index is 0.124. The van der Waals surface area contributed by atoms with Gasteiger partial charge in [0.1, 0.15) is 5.75 Å². The third-order valence-electron chi connectivity index (χ3n) is 5.41. The molecule has 0 unspecified atom stereocenters. The quantitative estimate of drug-likeness (QED) is 0.280. The summed E-state index contributed by atoms with van der Waals surface area (Å²) >= 11 is 1.42. The van der Waals surface area contributed by atoms with Gasteiger partial charge in [-0.3, -0.25) is 9.36 Å². The van der Waals surface area contributed by atoms with Crippen LogP contribution in [0.1, 0.15) is 40.6 Å². The number of carbonyl (C=O) groups is 1. The minimum absolute atomic E-state index is 0.124. The lowest BCUT2D eigenvalue weighted by atomic mass is 10.2. The zero-order chi connectivity index (χ0) is 21.3. The number of aryl methyl sites for hydroxylation is 1. The van der Waals surface area contributed by atoms with Crippen LogP contribution in [-0.2, 0) is 6.54 Å². The first-order valence-corrected chi connectivity index (χ1v) is 11.0. The van der Waals surface area contributed by atoms with E-state index in [1.807, 2.05) is 47.9 Å². The highest BCUT2D eigenvalue weighted by molar-refractivity contribution is 7.99. The first-order valence-electron chi connectivity index (χ1n) is 10.1. The molecule has 2 aromatic heterocycles. The topological polar surface area (TPSA) is 61.9 Å². The highest BCUT2D eigenvalue weighted by Gasteiger charge is 2.28. The second kappa shape index (κ2) is 8.52. The third kappa shape index (κ3) is 3.94. The number of methoxy groups -OCH3 is 1. The van der Waals surface area contributed by atoms with Crippen LogP contribution in [0.15, 0.2) is 48.1 Å². The lowest BCUT2D eigenvalue weighted by Crippen LogP contribution is -2.07. The average Bonchev–Trinajstić information content (AvgIpc) is 3.43. The second-order valence-corrected chi connectivity index (χ2v) is 8.47. The van der Waals surface area contributed by atoms with Gasteiger partial charge < -0.3 is 9.30 Å². The van der Waals surface area contributed by atoms with E-state index in [0.29, 0.717) is 23.5 Å². The number of hydrogen-bond donors (Lipinski definition) is 0. The number of rotatable bonds is 9. The summed E-state index contributed by atoms with van der Waals surface area (Å²) < 4.78 is 9.52. The number of allylic oxidation sites excluding steroid dienone is 1. The molecule has 0 saturated heterocycles. The average molecular weight is 423 g/mol. The van der Waals surface area contributed by atoms with Crippen LogP contribution >= 0.6 is 11.8 Å². The van der Waals surface area contributed by atoms with E-state index in [-0.39, 0.29) is 5.78 Å². The second-order valence-electron chi connectivity index (χ2n) is 7.53. The van der Waals surface area contributed by atoms with Gasteiger partial charge in [-0.2, -0.15) is 0 Å². The van der Waals surface area contributed by atoms with Crippen LogP contribution in [0, 0.1) is 13.8 Å². The van der Waals surface area contributed by atoms with Crippen molar-refractivity contribution in [3.63, 3.8) is 0 Å². The molecular formula is C23H26N4O2S. The Kier molecular flexibility index (Phi) is 5.81.